The summed E-state index contributed by atoms with van der Waals surface area (Å²) < 4.78 is 13.2. The molecule has 2 bridgehead atoms. The Kier molecular flexibility index (Phi) is 3.59. The molecule has 4 nitrogen and oxygen atoms in total. The van der Waals surface area contributed by atoms with Crippen LogP contribution in [0.15, 0.2) is 24.3 Å². The van der Waals surface area contributed by atoms with Gasteiger partial charge in [-0.15, -0.1) is 0 Å². The minimum absolute atomic E-state index is 0.162. The molecule has 0 aromatic heterocycles. The molecule has 0 N–H and O–H groups in total. The second-order valence-corrected chi connectivity index (χ2v) is 9.15. The van der Waals surface area contributed by atoms with Gasteiger partial charge in [0.25, 0.3) is 5.91 Å². The van der Waals surface area contributed by atoms with E-state index in [-0.39, 0.29) is 40.9 Å². The van der Waals surface area contributed by atoms with Crippen molar-refractivity contribution in [1.82, 2.24) is 4.90 Å². The maximum atomic E-state index is 13.2. The number of halogens is 1. The molecule has 1 aliphatic carbocycles. The average Bonchev–Trinajstić information content (AvgIpc) is 2.92. The Balaban J connectivity index is 1.59. The number of hydrogen-bond acceptors (Lipinski definition) is 3. The van der Waals surface area contributed by atoms with Gasteiger partial charge in [0.15, 0.2) is 0 Å². The van der Waals surface area contributed by atoms with Crippen molar-refractivity contribution in [3.63, 3.8) is 0 Å². The third-order valence-corrected chi connectivity index (χ3v) is 6.06. The first-order valence-corrected chi connectivity index (χ1v) is 9.06. The Morgan fingerprint density at radius 2 is 1.76 bits per heavy atom. The third kappa shape index (κ3) is 2.78. The van der Waals surface area contributed by atoms with Gasteiger partial charge >= 0.3 is 0 Å². The Labute approximate surface area is 148 Å². The molecule has 1 aromatic carbocycles. The fourth-order valence-corrected chi connectivity index (χ4v) is 5.60. The lowest BCUT2D eigenvalue weighted by molar-refractivity contribution is -0.123. The summed E-state index contributed by atoms with van der Waals surface area (Å²) in [7, 11) is 0. The molecule has 134 valence electrons. The largest absolute Gasteiger partial charge is 0.288 e. The molecular formula is C20H25FN2O2. The zero-order valence-electron chi connectivity index (χ0n) is 15.1. The molecule has 0 spiro atoms. The first-order valence-electron chi connectivity index (χ1n) is 9.06. The van der Waals surface area contributed by atoms with Crippen LogP contribution in [0.3, 0.4) is 0 Å². The van der Waals surface area contributed by atoms with Crippen LogP contribution in [0.5, 0.6) is 0 Å². The number of hydrogen-bond donors (Lipinski definition) is 0. The number of carbonyl (C=O) groups is 2. The van der Waals surface area contributed by atoms with Crippen molar-refractivity contribution >= 4 is 17.5 Å². The van der Waals surface area contributed by atoms with E-state index in [2.05, 4.69) is 25.7 Å². The fraction of sp³-hybridized carbons (Fsp3) is 0.600. The smallest absolute Gasteiger partial charge is 0.251 e. The van der Waals surface area contributed by atoms with Crippen LogP contribution in [0.2, 0.25) is 0 Å². The van der Waals surface area contributed by atoms with E-state index in [1.165, 1.54) is 29.2 Å². The quantitative estimate of drug-likeness (QED) is 0.773. The van der Waals surface area contributed by atoms with Crippen LogP contribution in [0, 0.1) is 16.6 Å². The summed E-state index contributed by atoms with van der Waals surface area (Å²) in [5.74, 6) is -0.721. The first kappa shape index (κ1) is 16.7. The lowest BCUT2D eigenvalue weighted by atomic mass is 9.65. The Morgan fingerprint density at radius 3 is 2.44 bits per heavy atom. The lowest BCUT2D eigenvalue weighted by Gasteiger charge is -2.40. The van der Waals surface area contributed by atoms with Crippen molar-refractivity contribution in [3.8, 4) is 0 Å². The van der Waals surface area contributed by atoms with Crippen molar-refractivity contribution in [2.24, 2.45) is 10.8 Å². The van der Waals surface area contributed by atoms with Gasteiger partial charge in [-0.2, -0.15) is 0 Å². The Bertz CT molecular complexity index is 730. The van der Waals surface area contributed by atoms with Gasteiger partial charge in [-0.05, 0) is 54.4 Å². The number of amides is 2. The number of likely N-dealkylation sites (tertiary alicyclic amines) is 1. The van der Waals surface area contributed by atoms with Gasteiger partial charge in [-0.1, -0.05) is 20.8 Å². The summed E-state index contributed by atoms with van der Waals surface area (Å²) in [6.45, 7) is 7.78. The fourth-order valence-electron chi connectivity index (χ4n) is 5.60. The predicted molar refractivity (Wildman–Crippen MR) is 93.5 cm³/mol. The maximum absolute atomic E-state index is 13.2. The number of anilines is 1. The van der Waals surface area contributed by atoms with Gasteiger partial charge in [0, 0.05) is 12.6 Å². The number of fused-ring (bicyclic) bond motifs is 2. The van der Waals surface area contributed by atoms with E-state index in [4.69, 9.17) is 0 Å². The van der Waals surface area contributed by atoms with Gasteiger partial charge in [0.2, 0.25) is 5.91 Å². The van der Waals surface area contributed by atoms with Crippen LogP contribution in [-0.4, -0.2) is 35.3 Å². The molecule has 1 saturated carbocycles. The highest BCUT2D eigenvalue weighted by Crippen LogP contribution is 2.53. The van der Waals surface area contributed by atoms with Gasteiger partial charge in [0.05, 0.1) is 18.2 Å². The number of carbonyl (C=O) groups excluding carboxylic acids is 2. The van der Waals surface area contributed by atoms with E-state index in [0.717, 1.165) is 25.8 Å². The van der Waals surface area contributed by atoms with Crippen LogP contribution >= 0.6 is 0 Å². The summed E-state index contributed by atoms with van der Waals surface area (Å²) in [4.78, 5) is 29.0. The predicted octanol–water partition coefficient (Wildman–Crippen LogP) is 3.36. The molecule has 3 atom stereocenters. The topological polar surface area (TPSA) is 40.6 Å². The van der Waals surface area contributed by atoms with E-state index in [1.807, 2.05) is 0 Å². The molecule has 5 heteroatoms. The second kappa shape index (κ2) is 5.37. The molecule has 25 heavy (non-hydrogen) atoms. The van der Waals surface area contributed by atoms with E-state index >= 15 is 0 Å². The van der Waals surface area contributed by atoms with Gasteiger partial charge in [-0.3, -0.25) is 14.5 Å². The van der Waals surface area contributed by atoms with Crippen LogP contribution in [0.4, 0.5) is 10.1 Å². The van der Waals surface area contributed by atoms with E-state index < -0.39 is 0 Å². The normalized spacial score (nSPS) is 34.8. The first-order chi connectivity index (χ1) is 11.7. The zero-order chi connectivity index (χ0) is 18.0. The third-order valence-electron chi connectivity index (χ3n) is 6.06. The molecule has 3 aliphatic rings. The Hall–Kier alpha value is -1.75. The molecular weight excluding hydrogens is 319 g/mol. The van der Waals surface area contributed by atoms with Crippen molar-refractivity contribution in [2.45, 2.75) is 58.5 Å². The zero-order valence-corrected chi connectivity index (χ0v) is 15.1. The monoisotopic (exact) mass is 344 g/mol. The molecule has 0 radical (unpaired) electrons. The van der Waals surface area contributed by atoms with Crippen molar-refractivity contribution in [1.29, 1.82) is 0 Å². The van der Waals surface area contributed by atoms with Gasteiger partial charge in [-0.25, -0.2) is 9.29 Å². The highest BCUT2D eigenvalue weighted by molar-refractivity contribution is 6.22. The highest BCUT2D eigenvalue weighted by Gasteiger charge is 2.54. The lowest BCUT2D eigenvalue weighted by Crippen LogP contribution is -2.45. The molecule has 4 rings (SSSR count). The minimum Gasteiger partial charge on any atom is -0.288 e. The summed E-state index contributed by atoms with van der Waals surface area (Å²) in [6.07, 6.45) is 3.55. The van der Waals surface area contributed by atoms with E-state index in [1.54, 1.807) is 0 Å². The second-order valence-electron chi connectivity index (χ2n) is 9.15. The number of rotatable bonds is 2. The number of benzene rings is 1. The maximum Gasteiger partial charge on any atom is 0.251 e. The van der Waals surface area contributed by atoms with Crippen LogP contribution in [-0.2, 0) is 9.59 Å². The van der Waals surface area contributed by atoms with Crippen LogP contribution in [0.25, 0.3) is 0 Å². The minimum atomic E-state index is -0.377. The SMILES string of the molecule is CC1(C)C[C@H]2C[C@](C)(CN2[C@@H]2CC(=O)N(c3ccc(F)cc3)C2=O)C1. The summed E-state index contributed by atoms with van der Waals surface area (Å²) in [5.41, 5.74) is 0.959. The van der Waals surface area contributed by atoms with Crippen molar-refractivity contribution < 1.29 is 14.0 Å². The van der Waals surface area contributed by atoms with Crippen molar-refractivity contribution in [3.05, 3.63) is 30.1 Å². The molecule has 2 aliphatic heterocycles. The molecule has 0 unspecified atom stereocenters. The summed E-state index contributed by atoms with van der Waals surface area (Å²) in [6, 6.07) is 5.56. The molecule has 3 fully saturated rings. The Morgan fingerprint density at radius 1 is 1.08 bits per heavy atom. The molecule has 2 amide bonds. The number of nitrogens with zero attached hydrogens (tertiary/aromatic N) is 2. The molecule has 2 saturated heterocycles. The van der Waals surface area contributed by atoms with Crippen molar-refractivity contribution in [2.75, 3.05) is 11.4 Å². The molecule has 1 aromatic rings. The summed E-state index contributed by atoms with van der Waals surface area (Å²) >= 11 is 0. The van der Waals surface area contributed by atoms with E-state index in [0.29, 0.717) is 11.7 Å². The molecule has 2 heterocycles. The number of imide groups is 1. The van der Waals surface area contributed by atoms with Crippen LogP contribution in [0.1, 0.15) is 46.5 Å². The van der Waals surface area contributed by atoms with Gasteiger partial charge in [0.1, 0.15) is 5.82 Å². The highest BCUT2D eigenvalue weighted by atomic mass is 19.1. The average molecular weight is 344 g/mol. The summed E-state index contributed by atoms with van der Waals surface area (Å²) in [5, 5.41) is 0. The van der Waals surface area contributed by atoms with Crippen LogP contribution < -0.4 is 4.90 Å². The standard InChI is InChI=1S/C20H25FN2O2/c1-19(2)9-15-10-20(3,11-19)12-22(15)16-8-17(24)23(18(16)25)14-6-4-13(21)5-7-14/h4-7,15-16H,8-12H2,1-3H3/t15-,16+,20-/m0/s1. The van der Waals surface area contributed by atoms with Gasteiger partial charge < -0.3 is 0 Å². The van der Waals surface area contributed by atoms with E-state index in [9.17, 15) is 14.0 Å².